The zero-order valence-corrected chi connectivity index (χ0v) is 19.2. The van der Waals surface area contributed by atoms with Gasteiger partial charge in [0.1, 0.15) is 17.8 Å². The molecule has 33 heavy (non-hydrogen) atoms. The summed E-state index contributed by atoms with van der Waals surface area (Å²) in [4.78, 5) is 30.7. The molecule has 0 N–H and O–H groups in total. The first kappa shape index (κ1) is 22.5. The van der Waals surface area contributed by atoms with Crippen LogP contribution in [0.3, 0.4) is 0 Å². The predicted molar refractivity (Wildman–Crippen MR) is 128 cm³/mol. The van der Waals surface area contributed by atoms with Crippen LogP contribution in [0.5, 0.6) is 5.75 Å². The SMILES string of the molecule is CCOc1cccc2sc(=NC(=O)C(c3ccccc3)c3ccccc3)n(CC(=O)OC)c12. The smallest absolute Gasteiger partial charge is 0.325 e. The number of benzene rings is 3. The average molecular weight is 461 g/mol. The van der Waals surface area contributed by atoms with Crippen molar-refractivity contribution in [2.75, 3.05) is 13.7 Å². The minimum absolute atomic E-state index is 0.0754. The number of hydrogen-bond acceptors (Lipinski definition) is 5. The second-order valence-electron chi connectivity index (χ2n) is 7.29. The van der Waals surface area contributed by atoms with Gasteiger partial charge in [0.05, 0.1) is 24.3 Å². The number of aromatic nitrogens is 1. The third-order valence-corrected chi connectivity index (χ3v) is 6.24. The molecule has 3 aromatic carbocycles. The Labute approximate surface area is 195 Å². The van der Waals surface area contributed by atoms with E-state index >= 15 is 0 Å². The number of para-hydroxylation sites is 1. The first-order valence-corrected chi connectivity index (χ1v) is 11.4. The van der Waals surface area contributed by atoms with Crippen LogP contribution < -0.4 is 9.54 Å². The fraction of sp³-hybridized carbons (Fsp3) is 0.192. The number of carbonyl (C=O) groups excluding carboxylic acids is 2. The van der Waals surface area contributed by atoms with Crippen molar-refractivity contribution >= 4 is 33.4 Å². The molecular formula is C26H24N2O4S. The molecule has 7 heteroatoms. The van der Waals surface area contributed by atoms with Gasteiger partial charge in [0.25, 0.3) is 5.91 Å². The van der Waals surface area contributed by atoms with Crippen LogP contribution in [-0.2, 0) is 20.9 Å². The van der Waals surface area contributed by atoms with Crippen molar-refractivity contribution in [3.8, 4) is 5.75 Å². The number of amides is 1. The summed E-state index contributed by atoms with van der Waals surface area (Å²) in [6.45, 7) is 2.30. The van der Waals surface area contributed by atoms with Crippen LogP contribution in [0.1, 0.15) is 24.0 Å². The van der Waals surface area contributed by atoms with E-state index in [-0.39, 0.29) is 12.5 Å². The third-order valence-electron chi connectivity index (χ3n) is 5.20. The standard InChI is InChI=1S/C26H24N2O4S/c1-3-32-20-15-10-16-21-24(20)28(17-22(29)31-2)26(33-21)27-25(30)23(18-11-6-4-7-12-18)19-13-8-5-9-14-19/h4-16,23H,3,17H2,1-2H3. The lowest BCUT2D eigenvalue weighted by Crippen LogP contribution is -2.24. The molecule has 0 atom stereocenters. The Balaban J connectivity index is 1.89. The number of fused-ring (bicyclic) bond motifs is 1. The van der Waals surface area contributed by atoms with E-state index < -0.39 is 11.9 Å². The highest BCUT2D eigenvalue weighted by Gasteiger charge is 2.23. The van der Waals surface area contributed by atoms with Crippen molar-refractivity contribution < 1.29 is 19.1 Å². The number of ether oxygens (including phenoxy) is 2. The number of nitrogens with zero attached hydrogens (tertiary/aromatic N) is 2. The summed E-state index contributed by atoms with van der Waals surface area (Å²) in [6.07, 6.45) is 0. The van der Waals surface area contributed by atoms with Crippen LogP contribution in [0, 0.1) is 0 Å². The molecule has 4 aromatic rings. The van der Waals surface area contributed by atoms with Gasteiger partial charge in [-0.15, -0.1) is 0 Å². The van der Waals surface area contributed by atoms with Crippen LogP contribution in [-0.4, -0.2) is 30.2 Å². The Morgan fingerprint density at radius 2 is 1.58 bits per heavy atom. The van der Waals surface area contributed by atoms with E-state index in [1.54, 1.807) is 4.57 Å². The highest BCUT2D eigenvalue weighted by molar-refractivity contribution is 7.16. The second kappa shape index (κ2) is 10.3. The summed E-state index contributed by atoms with van der Waals surface area (Å²) >= 11 is 1.34. The molecule has 0 bridgehead atoms. The lowest BCUT2D eigenvalue weighted by atomic mass is 9.91. The number of thiazole rings is 1. The molecule has 0 unspecified atom stereocenters. The highest BCUT2D eigenvalue weighted by Crippen LogP contribution is 2.29. The van der Waals surface area contributed by atoms with Crippen LogP contribution in [0.4, 0.5) is 0 Å². The van der Waals surface area contributed by atoms with Crippen molar-refractivity contribution in [2.45, 2.75) is 19.4 Å². The number of hydrogen-bond donors (Lipinski definition) is 0. The maximum atomic E-state index is 13.6. The van der Waals surface area contributed by atoms with Crippen molar-refractivity contribution in [3.05, 3.63) is 94.8 Å². The van der Waals surface area contributed by atoms with E-state index in [4.69, 9.17) is 9.47 Å². The quantitative estimate of drug-likeness (QED) is 0.380. The minimum Gasteiger partial charge on any atom is -0.492 e. The van der Waals surface area contributed by atoms with Gasteiger partial charge in [-0.25, -0.2) is 0 Å². The fourth-order valence-electron chi connectivity index (χ4n) is 3.72. The van der Waals surface area contributed by atoms with E-state index in [1.165, 1.54) is 18.4 Å². The normalized spacial score (nSPS) is 11.7. The molecule has 0 radical (unpaired) electrons. The van der Waals surface area contributed by atoms with Crippen LogP contribution in [0.15, 0.2) is 83.9 Å². The van der Waals surface area contributed by atoms with Gasteiger partial charge in [-0.1, -0.05) is 78.1 Å². The van der Waals surface area contributed by atoms with Crippen molar-refractivity contribution in [1.29, 1.82) is 0 Å². The zero-order valence-electron chi connectivity index (χ0n) is 18.4. The monoisotopic (exact) mass is 460 g/mol. The highest BCUT2D eigenvalue weighted by atomic mass is 32.1. The second-order valence-corrected chi connectivity index (χ2v) is 8.30. The number of esters is 1. The van der Waals surface area contributed by atoms with E-state index in [0.717, 1.165) is 21.3 Å². The van der Waals surface area contributed by atoms with Gasteiger partial charge >= 0.3 is 5.97 Å². The molecule has 0 aliphatic rings. The van der Waals surface area contributed by atoms with E-state index in [2.05, 4.69) is 4.99 Å². The van der Waals surface area contributed by atoms with Gasteiger partial charge in [-0.3, -0.25) is 9.59 Å². The summed E-state index contributed by atoms with van der Waals surface area (Å²) in [6, 6.07) is 24.8. The Bertz CT molecular complexity index is 1290. The van der Waals surface area contributed by atoms with Crippen molar-refractivity contribution in [2.24, 2.45) is 4.99 Å². The molecule has 6 nitrogen and oxygen atoms in total. The average Bonchev–Trinajstić information content (AvgIpc) is 3.18. The maximum absolute atomic E-state index is 13.6. The lowest BCUT2D eigenvalue weighted by molar-refractivity contribution is -0.141. The van der Waals surface area contributed by atoms with Crippen molar-refractivity contribution in [3.63, 3.8) is 0 Å². The van der Waals surface area contributed by atoms with E-state index in [9.17, 15) is 9.59 Å². The van der Waals surface area contributed by atoms with Gasteiger partial charge in [0.2, 0.25) is 0 Å². The first-order valence-electron chi connectivity index (χ1n) is 10.6. The largest absolute Gasteiger partial charge is 0.492 e. The van der Waals surface area contributed by atoms with Gasteiger partial charge in [-0.2, -0.15) is 4.99 Å². The molecule has 0 saturated carbocycles. The number of methoxy groups -OCH3 is 1. The Kier molecular flexibility index (Phi) is 7.00. The molecule has 1 heterocycles. The van der Waals surface area contributed by atoms with E-state index in [0.29, 0.717) is 17.2 Å². The van der Waals surface area contributed by atoms with Gasteiger partial charge < -0.3 is 14.0 Å². The molecule has 1 amide bonds. The van der Waals surface area contributed by atoms with Crippen LogP contribution in [0.2, 0.25) is 0 Å². The predicted octanol–water partition coefficient (Wildman–Crippen LogP) is 4.53. The number of carbonyl (C=O) groups is 2. The van der Waals surface area contributed by atoms with Gasteiger partial charge in [0, 0.05) is 0 Å². The summed E-state index contributed by atoms with van der Waals surface area (Å²) in [5, 5.41) is 0. The van der Waals surface area contributed by atoms with E-state index in [1.807, 2.05) is 85.8 Å². The first-order chi connectivity index (χ1) is 16.1. The summed E-state index contributed by atoms with van der Waals surface area (Å²) in [5.41, 5.74) is 2.43. The molecule has 0 aliphatic heterocycles. The maximum Gasteiger partial charge on any atom is 0.325 e. The van der Waals surface area contributed by atoms with Gasteiger partial charge in [0.15, 0.2) is 4.80 Å². The number of rotatable bonds is 7. The molecule has 1 aromatic heterocycles. The van der Waals surface area contributed by atoms with Crippen molar-refractivity contribution in [1.82, 2.24) is 4.57 Å². The topological polar surface area (TPSA) is 69.9 Å². The lowest BCUT2D eigenvalue weighted by Gasteiger charge is -2.14. The Hall–Kier alpha value is -3.71. The molecule has 0 saturated heterocycles. The zero-order chi connectivity index (χ0) is 23.2. The molecule has 0 fully saturated rings. The van der Waals surface area contributed by atoms with Gasteiger partial charge in [-0.05, 0) is 30.2 Å². The molecule has 0 spiro atoms. The summed E-state index contributed by atoms with van der Waals surface area (Å²) < 4.78 is 13.2. The summed E-state index contributed by atoms with van der Waals surface area (Å²) in [7, 11) is 1.34. The molecule has 168 valence electrons. The molecule has 0 aliphatic carbocycles. The minimum atomic E-state index is -0.560. The molecular weight excluding hydrogens is 436 g/mol. The van der Waals surface area contributed by atoms with Crippen LogP contribution in [0.25, 0.3) is 10.2 Å². The van der Waals surface area contributed by atoms with Crippen LogP contribution >= 0.6 is 11.3 Å². The fourth-order valence-corrected chi connectivity index (χ4v) is 4.77. The Morgan fingerprint density at radius 3 is 2.15 bits per heavy atom. The third kappa shape index (κ3) is 4.88. The summed E-state index contributed by atoms with van der Waals surface area (Å²) in [5.74, 6) is -0.671. The Morgan fingerprint density at radius 1 is 0.939 bits per heavy atom. The molecule has 4 rings (SSSR count).